The van der Waals surface area contributed by atoms with Gasteiger partial charge in [-0.3, -0.25) is 0 Å². The topological polar surface area (TPSA) is 0 Å². The normalized spacial score (nSPS) is 22.2. The van der Waals surface area contributed by atoms with Crippen LogP contribution in [-0.2, 0) is 0 Å². The summed E-state index contributed by atoms with van der Waals surface area (Å²) in [6.45, 7) is 14.3. The van der Waals surface area contributed by atoms with Gasteiger partial charge in [-0.05, 0) is 26.3 Å². The monoisotopic (exact) mass is 312 g/mol. The highest BCUT2D eigenvalue weighted by molar-refractivity contribution is 6.95. The number of hydrogen-bond acceptors (Lipinski definition) is 0. The average molecular weight is 313 g/mol. The lowest BCUT2D eigenvalue weighted by Gasteiger charge is -2.46. The fourth-order valence-electron chi connectivity index (χ4n) is 4.68. The molecule has 120 valence electrons. The summed E-state index contributed by atoms with van der Waals surface area (Å²) in [5.41, 5.74) is 4.66. The van der Waals surface area contributed by atoms with Crippen molar-refractivity contribution in [3.63, 3.8) is 0 Å². The molecule has 0 aromatic heterocycles. The summed E-state index contributed by atoms with van der Waals surface area (Å²) in [4.78, 5) is 0. The summed E-state index contributed by atoms with van der Waals surface area (Å²) in [5.74, 6) is 0. The third-order valence-corrected chi connectivity index (χ3v) is 12.8. The molecule has 0 heterocycles. The fourth-order valence-corrected chi connectivity index (χ4v) is 11.1. The molecule has 1 heteroatoms. The SMILES string of the molecule is CCC[Si](CCC)(c1ccccc1)C1(C)C=C(C)C(C)=C1C. The lowest BCUT2D eigenvalue weighted by Crippen LogP contribution is -2.56. The maximum absolute atomic E-state index is 2.61. The maximum atomic E-state index is 2.61. The summed E-state index contributed by atoms with van der Waals surface area (Å²) in [7, 11) is -1.64. The first-order valence-corrected chi connectivity index (χ1v) is 11.3. The number of hydrogen-bond donors (Lipinski definition) is 0. The van der Waals surface area contributed by atoms with Crippen LogP contribution in [0.3, 0.4) is 0 Å². The van der Waals surface area contributed by atoms with Crippen LogP contribution in [0.25, 0.3) is 0 Å². The predicted molar refractivity (Wildman–Crippen MR) is 103 cm³/mol. The van der Waals surface area contributed by atoms with E-state index in [0.717, 1.165) is 0 Å². The zero-order valence-electron chi connectivity index (χ0n) is 15.3. The molecule has 0 fully saturated rings. The maximum Gasteiger partial charge on any atom is 0.101 e. The molecule has 0 saturated heterocycles. The average Bonchev–Trinajstić information content (AvgIpc) is 2.72. The van der Waals surface area contributed by atoms with E-state index in [1.54, 1.807) is 10.8 Å². The number of allylic oxidation sites excluding steroid dienone is 4. The van der Waals surface area contributed by atoms with E-state index in [1.165, 1.54) is 36.1 Å². The Morgan fingerprint density at radius 3 is 1.86 bits per heavy atom. The van der Waals surface area contributed by atoms with Gasteiger partial charge in [0.2, 0.25) is 0 Å². The predicted octanol–water partition coefficient (Wildman–Crippen LogP) is 6.22. The lowest BCUT2D eigenvalue weighted by molar-refractivity contribution is 0.806. The molecule has 0 amide bonds. The minimum atomic E-state index is -1.64. The molecular weight excluding hydrogens is 280 g/mol. The van der Waals surface area contributed by atoms with Gasteiger partial charge in [-0.25, -0.2) is 0 Å². The van der Waals surface area contributed by atoms with Gasteiger partial charge in [-0.15, -0.1) is 0 Å². The zero-order valence-corrected chi connectivity index (χ0v) is 16.3. The second-order valence-corrected chi connectivity index (χ2v) is 12.0. The Balaban J connectivity index is 2.69. The van der Waals surface area contributed by atoms with E-state index in [-0.39, 0.29) is 5.04 Å². The summed E-state index contributed by atoms with van der Waals surface area (Å²) in [6, 6.07) is 14.2. The largest absolute Gasteiger partial charge is 0.101 e. The van der Waals surface area contributed by atoms with Crippen LogP contribution >= 0.6 is 0 Å². The molecule has 0 N–H and O–H groups in total. The Labute approximate surface area is 138 Å². The van der Waals surface area contributed by atoms with Gasteiger partial charge < -0.3 is 0 Å². The van der Waals surface area contributed by atoms with Crippen molar-refractivity contribution in [1.29, 1.82) is 0 Å². The third kappa shape index (κ3) is 2.54. The van der Waals surface area contributed by atoms with Crippen molar-refractivity contribution >= 4 is 13.3 Å². The first-order valence-electron chi connectivity index (χ1n) is 8.86. The number of benzene rings is 1. The van der Waals surface area contributed by atoms with Gasteiger partial charge in [0.1, 0.15) is 8.07 Å². The van der Waals surface area contributed by atoms with E-state index >= 15 is 0 Å². The van der Waals surface area contributed by atoms with Gasteiger partial charge in [0, 0.05) is 5.04 Å². The lowest BCUT2D eigenvalue weighted by atomic mass is 10.0. The molecule has 0 spiro atoms. The van der Waals surface area contributed by atoms with Gasteiger partial charge in [0.25, 0.3) is 0 Å². The first-order chi connectivity index (χ1) is 10.4. The molecule has 1 unspecified atom stereocenters. The molecule has 0 nitrogen and oxygen atoms in total. The molecule has 1 aliphatic rings. The second-order valence-electron chi connectivity index (χ2n) is 7.23. The van der Waals surface area contributed by atoms with Gasteiger partial charge in [-0.2, -0.15) is 0 Å². The van der Waals surface area contributed by atoms with E-state index in [2.05, 4.69) is 78.0 Å². The standard InChI is InChI=1S/C21H32Si/c1-7-14-22(15-8-2,20-12-10-9-11-13-20)21(6)16-17(3)18(4)19(21)5/h9-13,16H,7-8,14-15H2,1-6H3. The van der Waals surface area contributed by atoms with Crippen molar-refractivity contribution in [2.75, 3.05) is 0 Å². The van der Waals surface area contributed by atoms with Crippen LogP contribution in [0, 0.1) is 0 Å². The molecule has 1 aromatic carbocycles. The second kappa shape index (κ2) is 6.58. The van der Waals surface area contributed by atoms with E-state index in [0.29, 0.717) is 0 Å². The smallest absolute Gasteiger partial charge is 0.0737 e. The van der Waals surface area contributed by atoms with Crippen molar-refractivity contribution in [2.45, 2.75) is 71.5 Å². The fraction of sp³-hybridized carbons (Fsp3) is 0.524. The molecule has 0 radical (unpaired) electrons. The Bertz CT molecular complexity index is 573. The quantitative estimate of drug-likeness (QED) is 0.547. The van der Waals surface area contributed by atoms with Crippen LogP contribution in [0.1, 0.15) is 54.4 Å². The van der Waals surface area contributed by atoms with Crippen LogP contribution in [0.5, 0.6) is 0 Å². The highest BCUT2D eigenvalue weighted by Crippen LogP contribution is 2.56. The van der Waals surface area contributed by atoms with Crippen molar-refractivity contribution in [1.82, 2.24) is 0 Å². The summed E-state index contributed by atoms with van der Waals surface area (Å²) in [5, 5.41) is 1.92. The van der Waals surface area contributed by atoms with Crippen molar-refractivity contribution < 1.29 is 0 Å². The van der Waals surface area contributed by atoms with Crippen molar-refractivity contribution in [3.8, 4) is 0 Å². The summed E-state index contributed by atoms with van der Waals surface area (Å²) < 4.78 is 0. The minimum absolute atomic E-state index is 0.272. The molecule has 1 aliphatic carbocycles. The van der Waals surface area contributed by atoms with E-state index in [9.17, 15) is 0 Å². The Morgan fingerprint density at radius 2 is 1.45 bits per heavy atom. The van der Waals surface area contributed by atoms with Crippen LogP contribution in [0.15, 0.2) is 53.1 Å². The van der Waals surface area contributed by atoms with E-state index in [1.807, 2.05) is 0 Å². The van der Waals surface area contributed by atoms with Gasteiger partial charge in [-0.1, -0.05) is 98.4 Å². The molecular formula is C21H32Si. The third-order valence-electron chi connectivity index (χ3n) is 6.11. The molecule has 0 saturated carbocycles. The molecule has 1 atom stereocenters. The number of rotatable bonds is 6. The minimum Gasteiger partial charge on any atom is -0.0737 e. The molecule has 2 rings (SSSR count). The Morgan fingerprint density at radius 1 is 0.909 bits per heavy atom. The summed E-state index contributed by atoms with van der Waals surface area (Å²) in [6.07, 6.45) is 5.19. The van der Waals surface area contributed by atoms with E-state index < -0.39 is 8.07 Å². The Kier molecular flexibility index (Phi) is 5.16. The van der Waals surface area contributed by atoms with E-state index in [4.69, 9.17) is 0 Å². The van der Waals surface area contributed by atoms with Crippen LogP contribution in [-0.4, -0.2) is 8.07 Å². The molecule has 22 heavy (non-hydrogen) atoms. The van der Waals surface area contributed by atoms with Gasteiger partial charge in [0.05, 0.1) is 0 Å². The van der Waals surface area contributed by atoms with Gasteiger partial charge >= 0.3 is 0 Å². The van der Waals surface area contributed by atoms with Gasteiger partial charge in [0.15, 0.2) is 0 Å². The summed E-state index contributed by atoms with van der Waals surface area (Å²) >= 11 is 0. The highest BCUT2D eigenvalue weighted by Gasteiger charge is 2.51. The zero-order chi connectivity index (χ0) is 16.4. The van der Waals surface area contributed by atoms with Crippen molar-refractivity contribution in [3.05, 3.63) is 53.1 Å². The van der Waals surface area contributed by atoms with Crippen LogP contribution in [0.4, 0.5) is 0 Å². The van der Waals surface area contributed by atoms with Crippen LogP contribution in [0.2, 0.25) is 17.1 Å². The molecule has 0 bridgehead atoms. The first kappa shape index (κ1) is 17.3. The molecule has 1 aromatic rings. The highest BCUT2D eigenvalue weighted by atomic mass is 28.3. The van der Waals surface area contributed by atoms with Crippen molar-refractivity contribution in [2.24, 2.45) is 0 Å². The molecule has 0 aliphatic heterocycles. The Hall–Kier alpha value is -1.08. The van der Waals surface area contributed by atoms with Crippen LogP contribution < -0.4 is 5.19 Å².